The van der Waals surface area contributed by atoms with Gasteiger partial charge in [0.15, 0.2) is 11.5 Å². The van der Waals surface area contributed by atoms with Crippen LogP contribution in [0.2, 0.25) is 0 Å². The number of hydrogen-bond acceptors (Lipinski definition) is 8. The average Bonchev–Trinajstić information content (AvgIpc) is 3.60. The predicted octanol–water partition coefficient (Wildman–Crippen LogP) is 5.05. The van der Waals surface area contributed by atoms with Crippen molar-refractivity contribution >= 4 is 33.7 Å². The fourth-order valence-electron chi connectivity index (χ4n) is 4.51. The summed E-state index contributed by atoms with van der Waals surface area (Å²) in [6, 6.07) is 11.9. The van der Waals surface area contributed by atoms with E-state index in [2.05, 4.69) is 30.5 Å². The molecular formula is C30H28FN9O2. The Balaban J connectivity index is 1.36. The van der Waals surface area contributed by atoms with Crippen LogP contribution in [-0.2, 0) is 4.79 Å². The maximum absolute atomic E-state index is 14.6. The number of carbonyl (C=O) groups is 1. The number of aromatic nitrogens is 7. The van der Waals surface area contributed by atoms with Crippen molar-refractivity contribution in [2.24, 2.45) is 0 Å². The summed E-state index contributed by atoms with van der Waals surface area (Å²) in [6.07, 6.45) is 5.29. The number of halogens is 1. The van der Waals surface area contributed by atoms with Crippen LogP contribution in [0.5, 0.6) is 5.75 Å². The first kappa shape index (κ1) is 27.0. The van der Waals surface area contributed by atoms with E-state index in [0.717, 1.165) is 11.1 Å². The molecule has 212 valence electrons. The maximum Gasteiger partial charge on any atom is 0.224 e. The molecule has 42 heavy (non-hydrogen) atoms. The van der Waals surface area contributed by atoms with Crippen molar-refractivity contribution in [3.8, 4) is 39.8 Å². The quantitative estimate of drug-likeness (QED) is 0.221. The molecule has 0 atom stereocenters. The van der Waals surface area contributed by atoms with Gasteiger partial charge < -0.3 is 19.9 Å². The Morgan fingerprint density at radius 3 is 2.69 bits per heavy atom. The lowest BCUT2D eigenvalue weighted by Crippen LogP contribution is -2.19. The Labute approximate surface area is 240 Å². The molecule has 0 aliphatic heterocycles. The molecule has 6 rings (SSSR count). The summed E-state index contributed by atoms with van der Waals surface area (Å²) in [5.41, 5.74) is 6.17. The first-order valence-electron chi connectivity index (χ1n) is 13.4. The summed E-state index contributed by atoms with van der Waals surface area (Å²) >= 11 is 0. The van der Waals surface area contributed by atoms with Gasteiger partial charge in [-0.3, -0.25) is 19.9 Å². The zero-order valence-electron chi connectivity index (χ0n) is 23.3. The van der Waals surface area contributed by atoms with Crippen LogP contribution in [0.3, 0.4) is 0 Å². The van der Waals surface area contributed by atoms with E-state index in [9.17, 15) is 9.18 Å². The smallest absolute Gasteiger partial charge is 0.224 e. The third kappa shape index (κ3) is 5.52. The van der Waals surface area contributed by atoms with Gasteiger partial charge in [0.1, 0.15) is 29.2 Å². The van der Waals surface area contributed by atoms with Gasteiger partial charge in [-0.2, -0.15) is 5.10 Å². The average molecular weight is 566 g/mol. The van der Waals surface area contributed by atoms with Gasteiger partial charge in [0, 0.05) is 42.6 Å². The van der Waals surface area contributed by atoms with Crippen LogP contribution in [0, 0.1) is 5.82 Å². The number of likely N-dealkylation sites (N-methyl/N-ethyl adjacent to an activating group) is 1. The molecule has 0 saturated carbocycles. The number of nitrogens with one attached hydrogen (secondary N) is 3. The molecule has 0 bridgehead atoms. The molecule has 1 amide bonds. The topological polar surface area (TPSA) is 138 Å². The minimum atomic E-state index is -0.426. The number of aromatic amines is 2. The largest absolute Gasteiger partial charge is 0.492 e. The SMILES string of the molecule is CCC(=O)Nc1cncc(-c2ccc3[nH]nc(-c4nc5c(-c6cc(F)cc(OCCN(C)C)c6)nccc5[nH]4)c3n2)c1. The van der Waals surface area contributed by atoms with Crippen LogP contribution >= 0.6 is 0 Å². The Morgan fingerprint density at radius 2 is 1.86 bits per heavy atom. The molecule has 0 fully saturated rings. The van der Waals surface area contributed by atoms with Gasteiger partial charge in [0.05, 0.1) is 34.3 Å². The van der Waals surface area contributed by atoms with E-state index < -0.39 is 5.82 Å². The zero-order chi connectivity index (χ0) is 29.2. The van der Waals surface area contributed by atoms with Gasteiger partial charge in [0.25, 0.3) is 0 Å². The van der Waals surface area contributed by atoms with E-state index in [-0.39, 0.29) is 5.91 Å². The van der Waals surface area contributed by atoms with Crippen LogP contribution in [0.1, 0.15) is 13.3 Å². The summed E-state index contributed by atoms with van der Waals surface area (Å²) in [6.45, 7) is 2.92. The van der Waals surface area contributed by atoms with E-state index in [4.69, 9.17) is 14.7 Å². The lowest BCUT2D eigenvalue weighted by molar-refractivity contribution is -0.115. The number of ether oxygens (including phenoxy) is 1. The Hall–Kier alpha value is -5.23. The first-order valence-corrected chi connectivity index (χ1v) is 13.4. The lowest BCUT2D eigenvalue weighted by Gasteiger charge is -2.12. The lowest BCUT2D eigenvalue weighted by atomic mass is 10.1. The highest BCUT2D eigenvalue weighted by atomic mass is 19.1. The van der Waals surface area contributed by atoms with Crippen molar-refractivity contribution in [3.05, 3.63) is 66.9 Å². The van der Waals surface area contributed by atoms with Crippen LogP contribution in [0.15, 0.2) is 61.1 Å². The summed E-state index contributed by atoms with van der Waals surface area (Å²) < 4.78 is 20.4. The molecule has 0 unspecified atom stereocenters. The molecule has 11 nitrogen and oxygen atoms in total. The minimum Gasteiger partial charge on any atom is -0.492 e. The molecule has 0 saturated heterocycles. The van der Waals surface area contributed by atoms with E-state index in [1.807, 2.05) is 37.2 Å². The molecule has 0 aliphatic rings. The summed E-state index contributed by atoms with van der Waals surface area (Å²) in [4.78, 5) is 35.6. The van der Waals surface area contributed by atoms with Crippen molar-refractivity contribution in [3.63, 3.8) is 0 Å². The normalized spacial score (nSPS) is 11.5. The highest BCUT2D eigenvalue weighted by molar-refractivity contribution is 5.95. The highest BCUT2D eigenvalue weighted by Gasteiger charge is 2.18. The Kier molecular flexibility index (Phi) is 7.28. The standard InChI is InChI=1S/C30H28FN9O2/c1-4-25(41)34-20-12-18(15-32-16-20)22-5-6-24-28(35-22)29(39-38-24)30-36-23-7-8-33-26(27(23)37-30)17-11-19(31)14-21(13-17)42-10-9-40(2)3/h5-8,11-16H,4,9-10H2,1-3H3,(H,34,41)(H,36,37)(H,38,39). The van der Waals surface area contributed by atoms with Crippen molar-refractivity contribution in [1.29, 1.82) is 0 Å². The van der Waals surface area contributed by atoms with E-state index in [1.54, 1.807) is 37.6 Å². The number of pyridine rings is 3. The number of carbonyl (C=O) groups excluding carboxylic acids is 1. The summed E-state index contributed by atoms with van der Waals surface area (Å²) in [7, 11) is 3.89. The fraction of sp³-hybridized carbons (Fsp3) is 0.200. The third-order valence-electron chi connectivity index (χ3n) is 6.62. The molecule has 6 aromatic rings. The van der Waals surface area contributed by atoms with Crippen molar-refractivity contribution in [2.45, 2.75) is 13.3 Å². The second-order valence-electron chi connectivity index (χ2n) is 10.00. The predicted molar refractivity (Wildman–Crippen MR) is 158 cm³/mol. The number of imidazole rings is 1. The van der Waals surface area contributed by atoms with Gasteiger partial charge in [-0.15, -0.1) is 0 Å². The van der Waals surface area contributed by atoms with E-state index >= 15 is 0 Å². The van der Waals surface area contributed by atoms with Gasteiger partial charge >= 0.3 is 0 Å². The number of nitrogens with zero attached hydrogens (tertiary/aromatic N) is 6. The summed E-state index contributed by atoms with van der Waals surface area (Å²) in [5, 5.41) is 10.3. The number of H-pyrrole nitrogens is 2. The molecule has 0 aliphatic carbocycles. The van der Waals surface area contributed by atoms with Gasteiger partial charge in [0.2, 0.25) is 5.91 Å². The second-order valence-corrected chi connectivity index (χ2v) is 10.00. The fourth-order valence-corrected chi connectivity index (χ4v) is 4.51. The molecule has 0 radical (unpaired) electrons. The zero-order valence-corrected chi connectivity index (χ0v) is 23.3. The number of benzene rings is 1. The Morgan fingerprint density at radius 1 is 1.00 bits per heavy atom. The second kappa shape index (κ2) is 11.3. The maximum atomic E-state index is 14.6. The van der Waals surface area contributed by atoms with E-state index in [1.165, 1.54) is 12.1 Å². The van der Waals surface area contributed by atoms with Crippen LogP contribution in [-0.4, -0.2) is 73.2 Å². The summed E-state index contributed by atoms with van der Waals surface area (Å²) in [5.74, 6) is 0.379. The third-order valence-corrected chi connectivity index (χ3v) is 6.62. The van der Waals surface area contributed by atoms with Gasteiger partial charge in [-0.25, -0.2) is 14.4 Å². The molecule has 0 spiro atoms. The van der Waals surface area contributed by atoms with Gasteiger partial charge in [-0.1, -0.05) is 6.92 Å². The number of rotatable bonds is 9. The van der Waals surface area contributed by atoms with Crippen LogP contribution < -0.4 is 10.1 Å². The van der Waals surface area contributed by atoms with Gasteiger partial charge in [-0.05, 0) is 50.5 Å². The monoisotopic (exact) mass is 565 g/mol. The van der Waals surface area contributed by atoms with Crippen molar-refractivity contribution < 1.29 is 13.9 Å². The number of fused-ring (bicyclic) bond motifs is 2. The first-order chi connectivity index (χ1) is 20.4. The molecule has 3 N–H and O–H groups in total. The molecule has 5 aromatic heterocycles. The molecular weight excluding hydrogens is 537 g/mol. The minimum absolute atomic E-state index is 0.0976. The molecule has 12 heteroatoms. The molecule has 5 heterocycles. The number of anilines is 1. The molecule has 1 aromatic carbocycles. The Bertz CT molecular complexity index is 1910. The number of amides is 1. The van der Waals surface area contributed by atoms with Crippen molar-refractivity contribution in [2.75, 3.05) is 32.6 Å². The van der Waals surface area contributed by atoms with Crippen LogP contribution in [0.25, 0.3) is 56.1 Å². The van der Waals surface area contributed by atoms with E-state index in [0.29, 0.717) is 76.0 Å². The van der Waals surface area contributed by atoms with Crippen molar-refractivity contribution in [1.82, 2.24) is 40.0 Å². The number of hydrogen-bond donors (Lipinski definition) is 3. The van der Waals surface area contributed by atoms with Crippen LogP contribution in [0.4, 0.5) is 10.1 Å². The highest BCUT2D eigenvalue weighted by Crippen LogP contribution is 2.32.